The zero-order chi connectivity index (χ0) is 45.8. The summed E-state index contributed by atoms with van der Waals surface area (Å²) < 4.78 is 140. The molecule has 0 spiro atoms. The molecule has 4 amide bonds. The molecular formula is C40H48F7N5O9S. The highest BCUT2D eigenvalue weighted by atomic mass is 32.2. The van der Waals surface area contributed by atoms with Crippen molar-refractivity contribution in [3.05, 3.63) is 42.1 Å². The van der Waals surface area contributed by atoms with Gasteiger partial charge < -0.3 is 29.7 Å². The molecule has 1 aromatic carbocycles. The molecule has 14 nitrogen and oxygen atoms in total. The third-order valence-corrected chi connectivity index (χ3v) is 14.3. The first-order chi connectivity index (χ1) is 28.8. The highest BCUT2D eigenvalue weighted by Crippen LogP contribution is 2.48. The monoisotopic (exact) mass is 907 g/mol. The molecule has 1 aromatic heterocycles. The second-order valence-electron chi connectivity index (χ2n) is 17.2. The minimum atomic E-state index is -5.00. The highest BCUT2D eigenvalue weighted by molar-refractivity contribution is 7.91. The Kier molecular flexibility index (Phi) is 12.5. The second kappa shape index (κ2) is 16.7. The number of allylic oxidation sites excluding steroid dienone is 1. The van der Waals surface area contributed by atoms with Gasteiger partial charge in [-0.3, -0.25) is 19.1 Å². The van der Waals surface area contributed by atoms with Gasteiger partial charge in [-0.2, -0.15) is 26.3 Å². The van der Waals surface area contributed by atoms with Crippen molar-refractivity contribution in [1.29, 1.82) is 0 Å². The molecule has 3 N–H and O–H groups in total. The number of benzene rings is 1. The fraction of sp³-hybridized carbons (Fsp3) is 0.625. The number of nitrogens with zero attached hydrogens (tertiary/aromatic N) is 2. The van der Waals surface area contributed by atoms with Crippen molar-refractivity contribution in [3.8, 4) is 11.6 Å². The van der Waals surface area contributed by atoms with Gasteiger partial charge in [0.1, 0.15) is 40.9 Å². The van der Waals surface area contributed by atoms with Crippen LogP contribution in [0.5, 0.6) is 11.6 Å². The molecule has 0 bridgehead atoms. The minimum Gasteiger partial charge on any atom is -0.497 e. The standard InChI is InChI=1S/C40H48F7N5O9S/c1-21-8-6-7-9-23-17-38(23,34(55)51-62(57,58)37(20-41)12-13-37)50-31(53)29-16-25(60-32-26-11-10-24(59-5)15-27(26)28(18-48-32)39(42,43)44)19-52(29)33(54)30(22(2)14-21)49-35(56)61-36(3,4)40(45,46)47/h7,9-11,15,18,21-23,25,29-30H,6,8,12-14,16-17,19-20H2,1-5H3,(H,49,56)(H,50,53)(H,51,55)/b9-7-/t21-,22+,23+,25+,29-,30-,38+/m0/s1. The van der Waals surface area contributed by atoms with Gasteiger partial charge in [0.15, 0.2) is 0 Å². The number of ether oxygens (including phenoxy) is 3. The number of alkyl carbamates (subject to hydrolysis) is 1. The summed E-state index contributed by atoms with van der Waals surface area (Å²) in [6, 6.07) is 0.605. The van der Waals surface area contributed by atoms with Crippen LogP contribution in [0.25, 0.3) is 10.8 Å². The lowest BCUT2D eigenvalue weighted by atomic mass is 9.88. The number of aromatic nitrogens is 1. The summed E-state index contributed by atoms with van der Waals surface area (Å²) >= 11 is 0. The van der Waals surface area contributed by atoms with E-state index >= 15 is 0 Å². The molecule has 0 radical (unpaired) electrons. The average molecular weight is 908 g/mol. The van der Waals surface area contributed by atoms with Crippen molar-refractivity contribution >= 4 is 44.6 Å². The lowest BCUT2D eigenvalue weighted by molar-refractivity contribution is -0.244. The molecule has 1 saturated heterocycles. The number of hydrogen-bond donors (Lipinski definition) is 3. The van der Waals surface area contributed by atoms with Crippen LogP contribution in [0.3, 0.4) is 0 Å². The Morgan fingerprint density at radius 2 is 1.74 bits per heavy atom. The van der Waals surface area contributed by atoms with Gasteiger partial charge in [-0.1, -0.05) is 26.0 Å². The zero-order valence-electron chi connectivity index (χ0n) is 34.4. The molecule has 3 fully saturated rings. The average Bonchev–Trinajstić information content (AvgIpc) is 4.08. The first-order valence-corrected chi connectivity index (χ1v) is 21.4. The van der Waals surface area contributed by atoms with Gasteiger partial charge in [0.25, 0.3) is 5.91 Å². The highest BCUT2D eigenvalue weighted by Gasteiger charge is 2.64. The summed E-state index contributed by atoms with van der Waals surface area (Å²) in [6.07, 6.45) is -8.04. The summed E-state index contributed by atoms with van der Waals surface area (Å²) in [4.78, 5) is 61.2. The maximum absolute atomic E-state index is 14.7. The van der Waals surface area contributed by atoms with E-state index < -0.39 is 111 Å². The van der Waals surface area contributed by atoms with Gasteiger partial charge in [0.05, 0.1) is 19.2 Å². The van der Waals surface area contributed by atoms with Crippen LogP contribution >= 0.6 is 0 Å². The van der Waals surface area contributed by atoms with Crippen LogP contribution in [0.15, 0.2) is 36.5 Å². The quantitative estimate of drug-likeness (QED) is 0.203. The lowest BCUT2D eigenvalue weighted by Crippen LogP contribution is -2.60. The summed E-state index contributed by atoms with van der Waals surface area (Å²) in [5.74, 6) is -5.01. The summed E-state index contributed by atoms with van der Waals surface area (Å²) in [7, 11) is -3.28. The van der Waals surface area contributed by atoms with Crippen LogP contribution in [0.2, 0.25) is 0 Å². The number of carbonyl (C=O) groups is 4. The maximum Gasteiger partial charge on any atom is 0.427 e. The van der Waals surface area contributed by atoms with Gasteiger partial charge in [0, 0.05) is 29.3 Å². The number of pyridine rings is 1. The van der Waals surface area contributed by atoms with Crippen LogP contribution in [-0.2, 0) is 35.3 Å². The third-order valence-electron chi connectivity index (χ3n) is 12.2. The first kappa shape index (κ1) is 46.6. The Labute approximate surface area is 352 Å². The normalized spacial score (nSPS) is 28.6. The Morgan fingerprint density at radius 3 is 2.35 bits per heavy atom. The van der Waals surface area contributed by atoms with Crippen LogP contribution < -0.4 is 24.8 Å². The Hall–Kier alpha value is -4.89. The molecule has 62 heavy (non-hydrogen) atoms. The van der Waals surface area contributed by atoms with Gasteiger partial charge in [-0.25, -0.2) is 22.6 Å². The van der Waals surface area contributed by atoms with Gasteiger partial charge in [-0.05, 0) is 82.4 Å². The Balaban J connectivity index is 1.38. The molecular weight excluding hydrogens is 860 g/mol. The van der Waals surface area contributed by atoms with Crippen molar-refractivity contribution in [2.45, 2.75) is 119 Å². The van der Waals surface area contributed by atoms with E-state index in [1.807, 2.05) is 11.6 Å². The van der Waals surface area contributed by atoms with E-state index in [0.717, 1.165) is 11.0 Å². The van der Waals surface area contributed by atoms with Crippen LogP contribution in [0.1, 0.15) is 78.2 Å². The number of sulfonamides is 1. The smallest absolute Gasteiger partial charge is 0.427 e. The zero-order valence-corrected chi connectivity index (χ0v) is 35.2. The summed E-state index contributed by atoms with van der Waals surface area (Å²) in [5.41, 5.74) is -5.97. The molecule has 342 valence electrons. The van der Waals surface area contributed by atoms with Gasteiger partial charge >= 0.3 is 18.4 Å². The molecule has 2 aliphatic heterocycles. The van der Waals surface area contributed by atoms with Crippen molar-refractivity contribution in [2.75, 3.05) is 20.3 Å². The van der Waals surface area contributed by atoms with Crippen molar-refractivity contribution < 1.29 is 72.5 Å². The van der Waals surface area contributed by atoms with Crippen LogP contribution in [0, 0.1) is 17.8 Å². The Morgan fingerprint density at radius 1 is 1.05 bits per heavy atom. The van der Waals surface area contributed by atoms with Crippen LogP contribution in [0.4, 0.5) is 35.5 Å². The molecule has 6 rings (SSSR count). The Bertz CT molecular complexity index is 2230. The van der Waals surface area contributed by atoms with Crippen molar-refractivity contribution in [1.82, 2.24) is 25.2 Å². The number of fused-ring (bicyclic) bond motifs is 3. The number of amides is 4. The molecule has 4 aliphatic rings. The molecule has 0 unspecified atom stereocenters. The molecule has 22 heteroatoms. The number of halogens is 7. The minimum absolute atomic E-state index is 0.0288. The number of hydrogen-bond acceptors (Lipinski definition) is 10. The largest absolute Gasteiger partial charge is 0.497 e. The first-order valence-electron chi connectivity index (χ1n) is 20.0. The summed E-state index contributed by atoms with van der Waals surface area (Å²) in [5, 5.41) is 4.44. The van der Waals surface area contributed by atoms with E-state index in [1.54, 1.807) is 19.1 Å². The number of carbonyl (C=O) groups excluding carboxylic acids is 4. The van der Waals surface area contributed by atoms with Gasteiger partial charge in [0.2, 0.25) is 33.3 Å². The fourth-order valence-corrected chi connectivity index (χ4v) is 9.42. The number of rotatable bonds is 9. The fourth-order valence-electron chi connectivity index (χ4n) is 8.00. The number of methoxy groups -OCH3 is 1. The maximum atomic E-state index is 14.7. The number of nitrogens with one attached hydrogen (secondary N) is 3. The van der Waals surface area contributed by atoms with E-state index in [0.29, 0.717) is 32.9 Å². The SMILES string of the molecule is COc1ccc2c(O[C@@H]3C[C@H]4C(=O)N[C@]5(C(=O)NS(=O)(=O)C6(CF)CC6)C[C@H]5/C=C\CC[C@H](C)C[C@@H](C)[C@H](NC(=O)OC(C)(C)C(F)(F)F)C(=O)N4C3)ncc(C(F)(F)F)c2c1. The second-order valence-corrected chi connectivity index (χ2v) is 19.3. The molecule has 2 aliphatic carbocycles. The molecule has 3 heterocycles. The molecule has 7 atom stereocenters. The van der Waals surface area contributed by atoms with E-state index in [-0.39, 0.29) is 60.4 Å². The predicted octanol–water partition coefficient (Wildman–Crippen LogP) is 5.88. The summed E-state index contributed by atoms with van der Waals surface area (Å²) in [6.45, 7) is 2.93. The van der Waals surface area contributed by atoms with Crippen molar-refractivity contribution in [2.24, 2.45) is 17.8 Å². The predicted molar refractivity (Wildman–Crippen MR) is 207 cm³/mol. The van der Waals surface area contributed by atoms with Crippen molar-refractivity contribution in [3.63, 3.8) is 0 Å². The lowest BCUT2D eigenvalue weighted by Gasteiger charge is -2.34. The molecule has 2 saturated carbocycles. The van der Waals surface area contributed by atoms with E-state index in [1.165, 1.54) is 19.2 Å². The topological polar surface area (TPSA) is 182 Å². The van der Waals surface area contributed by atoms with Crippen LogP contribution in [-0.4, -0.2) is 103 Å². The molecule has 2 aromatic rings. The third kappa shape index (κ3) is 9.25. The van der Waals surface area contributed by atoms with E-state index in [9.17, 15) is 58.3 Å². The van der Waals surface area contributed by atoms with Gasteiger partial charge in [-0.15, -0.1) is 0 Å². The van der Waals surface area contributed by atoms with E-state index in [4.69, 9.17) is 14.2 Å². The number of alkyl halides is 7. The van der Waals surface area contributed by atoms with E-state index in [2.05, 4.69) is 15.6 Å².